The van der Waals surface area contributed by atoms with E-state index in [0.29, 0.717) is 5.92 Å². The highest BCUT2D eigenvalue weighted by Gasteiger charge is 2.37. The summed E-state index contributed by atoms with van der Waals surface area (Å²) in [5.41, 5.74) is 9.18. The third-order valence-corrected chi connectivity index (χ3v) is 8.42. The van der Waals surface area contributed by atoms with Gasteiger partial charge in [0, 0.05) is 28.4 Å². The van der Waals surface area contributed by atoms with E-state index in [0.717, 1.165) is 39.6 Å². The molecule has 0 saturated heterocycles. The summed E-state index contributed by atoms with van der Waals surface area (Å²) >= 11 is 0. The molecule has 43 heavy (non-hydrogen) atoms. The van der Waals surface area contributed by atoms with E-state index in [1.54, 1.807) is 0 Å². The van der Waals surface area contributed by atoms with Crippen molar-refractivity contribution in [3.05, 3.63) is 180 Å². The van der Waals surface area contributed by atoms with Gasteiger partial charge in [-0.15, -0.1) is 0 Å². The molecule has 1 aliphatic carbocycles. The lowest BCUT2D eigenvalue weighted by Crippen LogP contribution is -2.36. The van der Waals surface area contributed by atoms with Gasteiger partial charge in [0.15, 0.2) is 6.17 Å². The molecule has 8 rings (SSSR count). The summed E-state index contributed by atoms with van der Waals surface area (Å²) in [4.78, 5) is 12.7. The molecule has 0 fully saturated rings. The number of para-hydroxylation sites is 1. The molecule has 3 aliphatic rings. The zero-order valence-corrected chi connectivity index (χ0v) is 23.6. The van der Waals surface area contributed by atoms with Crippen LogP contribution in [-0.4, -0.2) is 17.7 Å². The van der Waals surface area contributed by atoms with Crippen molar-refractivity contribution in [3.63, 3.8) is 0 Å². The smallest absolute Gasteiger partial charge is 0.169 e. The van der Waals surface area contributed by atoms with Crippen molar-refractivity contribution in [1.29, 1.82) is 0 Å². The van der Waals surface area contributed by atoms with Crippen LogP contribution in [0.25, 0.3) is 11.1 Å². The highest BCUT2D eigenvalue weighted by molar-refractivity contribution is 6.16. The van der Waals surface area contributed by atoms with Gasteiger partial charge in [-0.25, -0.2) is 9.98 Å². The second-order valence-corrected chi connectivity index (χ2v) is 11.1. The molecule has 2 aliphatic heterocycles. The van der Waals surface area contributed by atoms with E-state index < -0.39 is 0 Å². The van der Waals surface area contributed by atoms with Crippen LogP contribution in [0.1, 0.15) is 34.3 Å². The standard InChI is InChI=1S/C39H30N4/c1-4-14-27(15-5-1)30-24-31(26-32(25-30)43-35-22-12-10-20-33(35)34-21-11-13-23-36(34)43)39-41-37(28-16-6-2-7-17-28)40-38(42-39)29-18-8-3-9-19-29/h1-26,33,35,37H,(H,40,41,42). The van der Waals surface area contributed by atoms with Gasteiger partial charge in [0.25, 0.3) is 0 Å². The first-order chi connectivity index (χ1) is 21.3. The van der Waals surface area contributed by atoms with E-state index in [-0.39, 0.29) is 12.2 Å². The van der Waals surface area contributed by atoms with Crippen LogP contribution in [0.5, 0.6) is 0 Å². The van der Waals surface area contributed by atoms with Crippen LogP contribution in [0.15, 0.2) is 168 Å². The minimum Gasteiger partial charge on any atom is -0.333 e. The highest BCUT2D eigenvalue weighted by atomic mass is 15.2. The van der Waals surface area contributed by atoms with Gasteiger partial charge in [-0.05, 0) is 46.5 Å². The lowest BCUT2D eigenvalue weighted by atomic mass is 9.91. The Morgan fingerprint density at radius 1 is 0.535 bits per heavy atom. The average molecular weight is 555 g/mol. The fourth-order valence-corrected chi connectivity index (χ4v) is 6.39. The highest BCUT2D eigenvalue weighted by Crippen LogP contribution is 2.48. The van der Waals surface area contributed by atoms with Gasteiger partial charge in [-0.2, -0.15) is 0 Å². The van der Waals surface area contributed by atoms with Crippen molar-refractivity contribution in [3.8, 4) is 11.1 Å². The summed E-state index contributed by atoms with van der Waals surface area (Å²) in [7, 11) is 0. The van der Waals surface area contributed by atoms with Crippen LogP contribution in [0.3, 0.4) is 0 Å². The zero-order valence-electron chi connectivity index (χ0n) is 23.6. The number of benzene rings is 5. The minimum absolute atomic E-state index is 0.209. The van der Waals surface area contributed by atoms with Crippen molar-refractivity contribution in [1.82, 2.24) is 5.32 Å². The number of nitrogens with one attached hydrogen (secondary N) is 1. The van der Waals surface area contributed by atoms with Gasteiger partial charge >= 0.3 is 0 Å². The minimum atomic E-state index is -0.347. The Labute approximate surface area is 252 Å². The van der Waals surface area contributed by atoms with E-state index in [1.807, 2.05) is 36.4 Å². The van der Waals surface area contributed by atoms with Crippen LogP contribution >= 0.6 is 0 Å². The first-order valence-electron chi connectivity index (χ1n) is 14.8. The number of anilines is 2. The van der Waals surface area contributed by atoms with Crippen molar-refractivity contribution < 1.29 is 0 Å². The molecule has 0 spiro atoms. The van der Waals surface area contributed by atoms with Crippen molar-refractivity contribution >= 4 is 23.0 Å². The Morgan fingerprint density at radius 2 is 1.14 bits per heavy atom. The second kappa shape index (κ2) is 10.7. The van der Waals surface area contributed by atoms with Crippen LogP contribution in [0.2, 0.25) is 0 Å². The van der Waals surface area contributed by atoms with Gasteiger partial charge < -0.3 is 10.2 Å². The maximum Gasteiger partial charge on any atom is 0.169 e. The van der Waals surface area contributed by atoms with E-state index in [9.17, 15) is 0 Å². The van der Waals surface area contributed by atoms with Gasteiger partial charge in [0.1, 0.15) is 11.7 Å². The summed E-state index contributed by atoms with van der Waals surface area (Å²) in [6, 6.07) is 47.1. The molecule has 4 heteroatoms. The number of allylic oxidation sites excluding steroid dienone is 2. The number of hydrogen-bond donors (Lipinski definition) is 1. The third kappa shape index (κ3) is 4.67. The normalized spacial score (nSPS) is 20.1. The van der Waals surface area contributed by atoms with Crippen molar-refractivity contribution in [2.75, 3.05) is 4.90 Å². The lowest BCUT2D eigenvalue weighted by Gasteiger charge is -2.30. The SMILES string of the molecule is C1=CC2c3ccccc3N(c3cc(C4=NC(c5ccccc5)N=C(c5ccccc5)N4)cc(-c4ccccc4)c3)C2C=C1. The first kappa shape index (κ1) is 25.2. The van der Waals surface area contributed by atoms with E-state index in [1.165, 1.54) is 16.8 Å². The summed E-state index contributed by atoms with van der Waals surface area (Å²) in [6.07, 6.45) is 8.64. The Balaban J connectivity index is 1.30. The zero-order chi connectivity index (χ0) is 28.6. The summed E-state index contributed by atoms with van der Waals surface area (Å²) in [5.74, 6) is 1.94. The maximum atomic E-state index is 5.20. The molecule has 5 aromatic carbocycles. The van der Waals surface area contributed by atoms with Gasteiger partial charge in [-0.3, -0.25) is 0 Å². The maximum absolute atomic E-state index is 5.20. The number of nitrogens with zero attached hydrogens (tertiary/aromatic N) is 3. The molecule has 0 radical (unpaired) electrons. The molecule has 5 aromatic rings. The Bertz CT molecular complexity index is 1910. The van der Waals surface area contributed by atoms with E-state index in [2.05, 4.69) is 132 Å². The number of fused-ring (bicyclic) bond motifs is 3. The van der Waals surface area contributed by atoms with E-state index in [4.69, 9.17) is 9.98 Å². The van der Waals surface area contributed by atoms with E-state index >= 15 is 0 Å². The van der Waals surface area contributed by atoms with Crippen molar-refractivity contribution in [2.45, 2.75) is 18.1 Å². The fraction of sp³-hybridized carbons (Fsp3) is 0.0769. The molecule has 0 saturated carbocycles. The van der Waals surface area contributed by atoms with Crippen LogP contribution < -0.4 is 10.2 Å². The van der Waals surface area contributed by atoms with Crippen LogP contribution in [-0.2, 0) is 0 Å². The lowest BCUT2D eigenvalue weighted by molar-refractivity contribution is 0.744. The van der Waals surface area contributed by atoms with Gasteiger partial charge in [0.2, 0.25) is 0 Å². The van der Waals surface area contributed by atoms with Crippen molar-refractivity contribution in [2.24, 2.45) is 9.98 Å². The van der Waals surface area contributed by atoms with Gasteiger partial charge in [-0.1, -0.05) is 133 Å². The van der Waals surface area contributed by atoms with Crippen LogP contribution in [0, 0.1) is 0 Å². The average Bonchev–Trinajstić information content (AvgIpc) is 3.43. The number of aliphatic imine (C=N–C) groups is 2. The monoisotopic (exact) mass is 554 g/mol. The Kier molecular flexibility index (Phi) is 6.30. The Hall–Kier alpha value is -5.48. The van der Waals surface area contributed by atoms with Crippen LogP contribution in [0.4, 0.5) is 11.4 Å². The fourth-order valence-electron chi connectivity index (χ4n) is 6.39. The molecule has 0 bridgehead atoms. The van der Waals surface area contributed by atoms with Gasteiger partial charge in [0.05, 0.1) is 6.04 Å². The molecule has 0 amide bonds. The molecule has 4 nitrogen and oxygen atoms in total. The molecular weight excluding hydrogens is 524 g/mol. The Morgan fingerprint density at radius 3 is 1.91 bits per heavy atom. The largest absolute Gasteiger partial charge is 0.333 e. The predicted molar refractivity (Wildman–Crippen MR) is 177 cm³/mol. The molecule has 206 valence electrons. The number of hydrogen-bond acceptors (Lipinski definition) is 4. The molecule has 2 heterocycles. The summed E-state index contributed by atoms with van der Waals surface area (Å²) in [6.45, 7) is 0. The molecule has 3 unspecified atom stereocenters. The third-order valence-electron chi connectivity index (χ3n) is 8.42. The number of amidine groups is 2. The summed E-state index contributed by atoms with van der Waals surface area (Å²) < 4.78 is 0. The number of rotatable bonds is 5. The summed E-state index contributed by atoms with van der Waals surface area (Å²) in [5, 5.41) is 3.61. The quantitative estimate of drug-likeness (QED) is 0.236. The molecule has 0 aromatic heterocycles. The molecular formula is C39H30N4. The first-order valence-corrected chi connectivity index (χ1v) is 14.8. The predicted octanol–water partition coefficient (Wildman–Crippen LogP) is 8.58. The second-order valence-electron chi connectivity index (χ2n) is 11.1. The molecule has 1 N–H and O–H groups in total. The molecule has 3 atom stereocenters. The topological polar surface area (TPSA) is 40.0 Å².